The number of β-amino-alcohol motifs (C(OH)–C–C–N with tert-alkyl or cyclic N) is 1. The Morgan fingerprint density at radius 2 is 1.71 bits per heavy atom. The van der Waals surface area contributed by atoms with Crippen LogP contribution in [0.1, 0.15) is 5.56 Å². The lowest BCUT2D eigenvalue weighted by Gasteiger charge is -2.41. The Kier molecular flexibility index (Phi) is 7.11. The van der Waals surface area contributed by atoms with E-state index in [4.69, 9.17) is 14.5 Å². The predicted octanol–water partition coefficient (Wildman–Crippen LogP) is 1.46. The van der Waals surface area contributed by atoms with Gasteiger partial charge in [0.15, 0.2) is 18.2 Å². The van der Waals surface area contributed by atoms with Crippen molar-refractivity contribution in [1.29, 1.82) is 0 Å². The lowest BCUT2D eigenvalue weighted by Crippen LogP contribution is -2.65. The number of urea groups is 1. The molecule has 1 saturated heterocycles. The summed E-state index contributed by atoms with van der Waals surface area (Å²) < 4.78 is 10.9. The highest BCUT2D eigenvalue weighted by Crippen LogP contribution is 2.29. The largest absolute Gasteiger partial charge is 0.497 e. The third kappa shape index (κ3) is 5.02. The molecule has 2 aromatic rings. The molecule has 10 nitrogen and oxygen atoms in total. The molecular formula is C25H31N5O5. The predicted molar refractivity (Wildman–Crippen MR) is 130 cm³/mol. The van der Waals surface area contributed by atoms with Crippen LogP contribution in [-0.2, 0) is 11.3 Å². The molecule has 2 aliphatic rings. The van der Waals surface area contributed by atoms with Crippen LogP contribution in [0.2, 0.25) is 0 Å². The number of amides is 3. The maximum Gasteiger partial charge on any atom is 0.328 e. The highest BCUT2D eigenvalue weighted by atomic mass is 16.5. The molecule has 35 heavy (non-hydrogen) atoms. The highest BCUT2D eigenvalue weighted by Gasteiger charge is 2.52. The minimum absolute atomic E-state index is 0.0225. The number of carbonyl (C=O) groups excluding carboxylic acids is 2. The zero-order valence-corrected chi connectivity index (χ0v) is 20.4. The molecule has 2 aromatic carbocycles. The molecule has 3 amide bonds. The van der Waals surface area contributed by atoms with Gasteiger partial charge in [-0.2, -0.15) is 0 Å². The van der Waals surface area contributed by atoms with Crippen molar-refractivity contribution in [2.75, 3.05) is 41.4 Å². The lowest BCUT2D eigenvalue weighted by molar-refractivity contribution is -0.136. The van der Waals surface area contributed by atoms with Crippen LogP contribution in [-0.4, -0.2) is 102 Å². The number of benzene rings is 2. The smallest absolute Gasteiger partial charge is 0.328 e. The van der Waals surface area contributed by atoms with E-state index in [0.717, 1.165) is 10.5 Å². The van der Waals surface area contributed by atoms with Crippen molar-refractivity contribution in [3.05, 3.63) is 60.2 Å². The molecule has 1 N–H and O–H groups in total. The van der Waals surface area contributed by atoms with Gasteiger partial charge in [-0.1, -0.05) is 30.3 Å². The molecule has 4 rings (SSSR count). The summed E-state index contributed by atoms with van der Waals surface area (Å²) in [5.74, 6) is 1.49. The third-order valence-electron chi connectivity index (χ3n) is 6.21. The Morgan fingerprint density at radius 3 is 2.37 bits per heavy atom. The Hall–Kier alpha value is -3.79. The summed E-state index contributed by atoms with van der Waals surface area (Å²) in [7, 11) is 6.57. The average molecular weight is 482 g/mol. The van der Waals surface area contributed by atoms with Gasteiger partial charge in [0, 0.05) is 27.7 Å². The van der Waals surface area contributed by atoms with E-state index in [2.05, 4.69) is 0 Å². The second-order valence-electron chi connectivity index (χ2n) is 8.71. The second-order valence-corrected chi connectivity index (χ2v) is 8.71. The SMILES string of the molecule is COc1ccc(OCC(O)CN2C(N(C)Cc3ccccc3)=NC3C2C(=O)N(C)C(=O)N3C)cc1. The van der Waals surface area contributed by atoms with Crippen LogP contribution in [0.3, 0.4) is 0 Å². The summed E-state index contributed by atoms with van der Waals surface area (Å²) in [6, 6.07) is 15.8. The molecule has 0 aliphatic carbocycles. The molecule has 3 atom stereocenters. The summed E-state index contributed by atoms with van der Waals surface area (Å²) in [6.07, 6.45) is -1.58. The Bertz CT molecular complexity index is 1080. The first-order chi connectivity index (χ1) is 16.8. The Labute approximate surface area is 205 Å². The van der Waals surface area contributed by atoms with Crippen LogP contribution in [0.25, 0.3) is 0 Å². The number of aliphatic hydroxyl groups excluding tert-OH is 1. The highest BCUT2D eigenvalue weighted by molar-refractivity contribution is 6.03. The third-order valence-corrected chi connectivity index (χ3v) is 6.21. The molecule has 0 saturated carbocycles. The molecule has 2 aliphatic heterocycles. The number of fused-ring (bicyclic) bond motifs is 1. The zero-order chi connectivity index (χ0) is 25.1. The first kappa shape index (κ1) is 24.3. The topological polar surface area (TPSA) is 98.1 Å². The van der Waals surface area contributed by atoms with Crippen LogP contribution in [0.15, 0.2) is 59.6 Å². The number of likely N-dealkylation sites (N-methyl/N-ethyl adjacent to an activating group) is 2. The fraction of sp³-hybridized carbons (Fsp3) is 0.400. The number of ether oxygens (including phenoxy) is 2. The lowest BCUT2D eigenvalue weighted by atomic mass is 10.1. The standard InChI is InChI=1S/C25H31N5O5/c1-27(14-17-8-6-5-7-9-17)24-26-22-21(23(32)29(3)25(33)28(22)2)30(24)15-18(31)16-35-20-12-10-19(34-4)11-13-20/h5-13,18,21-22,31H,14-16H2,1-4H3. The van der Waals surface area contributed by atoms with Crippen LogP contribution in [0, 0.1) is 0 Å². The van der Waals surface area contributed by atoms with Crippen molar-refractivity contribution in [3.63, 3.8) is 0 Å². The number of hydrogen-bond acceptors (Lipinski definition) is 8. The van der Waals surface area contributed by atoms with Crippen molar-refractivity contribution in [2.45, 2.75) is 24.9 Å². The van der Waals surface area contributed by atoms with Crippen molar-refractivity contribution in [3.8, 4) is 11.5 Å². The maximum absolute atomic E-state index is 13.1. The van der Waals surface area contributed by atoms with Gasteiger partial charge in [0.1, 0.15) is 24.2 Å². The molecule has 186 valence electrons. The number of nitrogens with zero attached hydrogens (tertiary/aromatic N) is 5. The summed E-state index contributed by atoms with van der Waals surface area (Å²) in [6.45, 7) is 0.682. The van der Waals surface area contributed by atoms with Gasteiger partial charge in [0.05, 0.1) is 13.7 Å². The fourth-order valence-electron chi connectivity index (χ4n) is 4.34. The van der Waals surface area contributed by atoms with Gasteiger partial charge in [-0.3, -0.25) is 9.69 Å². The van der Waals surface area contributed by atoms with E-state index in [1.54, 1.807) is 43.3 Å². The number of aliphatic imine (C=N–C) groups is 1. The van der Waals surface area contributed by atoms with Gasteiger partial charge in [0.25, 0.3) is 5.91 Å². The monoisotopic (exact) mass is 481 g/mol. The number of imide groups is 1. The number of aliphatic hydroxyl groups is 1. The van der Waals surface area contributed by atoms with Gasteiger partial charge in [-0.15, -0.1) is 0 Å². The van der Waals surface area contributed by atoms with E-state index < -0.39 is 24.3 Å². The van der Waals surface area contributed by atoms with E-state index in [-0.39, 0.29) is 19.1 Å². The zero-order valence-electron chi connectivity index (χ0n) is 20.4. The van der Waals surface area contributed by atoms with Crippen molar-refractivity contribution in [2.24, 2.45) is 4.99 Å². The van der Waals surface area contributed by atoms with E-state index in [9.17, 15) is 14.7 Å². The molecule has 2 heterocycles. The van der Waals surface area contributed by atoms with Crippen molar-refractivity contribution >= 4 is 17.9 Å². The van der Waals surface area contributed by atoms with E-state index >= 15 is 0 Å². The average Bonchev–Trinajstić information content (AvgIpc) is 3.25. The van der Waals surface area contributed by atoms with Gasteiger partial charge < -0.3 is 29.3 Å². The summed E-state index contributed by atoms with van der Waals surface area (Å²) in [4.78, 5) is 36.7. The minimum Gasteiger partial charge on any atom is -0.497 e. The minimum atomic E-state index is -0.910. The Morgan fingerprint density at radius 1 is 1.06 bits per heavy atom. The molecule has 0 radical (unpaired) electrons. The number of rotatable bonds is 8. The summed E-state index contributed by atoms with van der Waals surface area (Å²) in [5, 5.41) is 10.9. The van der Waals surface area contributed by atoms with Crippen LogP contribution >= 0.6 is 0 Å². The van der Waals surface area contributed by atoms with Gasteiger partial charge in [-0.25, -0.2) is 9.79 Å². The molecule has 0 spiro atoms. The van der Waals surface area contributed by atoms with Crippen LogP contribution < -0.4 is 9.47 Å². The number of hydrogen-bond donors (Lipinski definition) is 1. The van der Waals surface area contributed by atoms with Gasteiger partial charge in [0.2, 0.25) is 0 Å². The van der Waals surface area contributed by atoms with E-state index in [1.807, 2.05) is 42.3 Å². The van der Waals surface area contributed by atoms with E-state index in [0.29, 0.717) is 24.0 Å². The van der Waals surface area contributed by atoms with Gasteiger partial charge in [-0.05, 0) is 29.8 Å². The quantitative estimate of drug-likeness (QED) is 0.610. The molecule has 1 fully saturated rings. The molecule has 0 bridgehead atoms. The van der Waals surface area contributed by atoms with Crippen LogP contribution in [0.4, 0.5) is 4.79 Å². The first-order valence-electron chi connectivity index (χ1n) is 11.4. The Balaban J connectivity index is 1.52. The van der Waals surface area contributed by atoms with Crippen molar-refractivity contribution < 1.29 is 24.2 Å². The van der Waals surface area contributed by atoms with Crippen molar-refractivity contribution in [1.82, 2.24) is 19.6 Å². The maximum atomic E-state index is 13.1. The normalized spacial score (nSPS) is 20.5. The fourth-order valence-corrected chi connectivity index (χ4v) is 4.34. The molecule has 10 heteroatoms. The molecule has 0 aromatic heterocycles. The number of methoxy groups -OCH3 is 1. The van der Waals surface area contributed by atoms with Crippen LogP contribution in [0.5, 0.6) is 11.5 Å². The van der Waals surface area contributed by atoms with E-state index in [1.165, 1.54) is 11.9 Å². The van der Waals surface area contributed by atoms with Gasteiger partial charge >= 0.3 is 6.03 Å². The summed E-state index contributed by atoms with van der Waals surface area (Å²) >= 11 is 0. The first-order valence-corrected chi connectivity index (χ1v) is 11.4. The number of guanidine groups is 1. The molecule has 3 unspecified atom stereocenters. The molecular weight excluding hydrogens is 450 g/mol. The summed E-state index contributed by atoms with van der Waals surface area (Å²) in [5.41, 5.74) is 1.07. The second kappa shape index (κ2) is 10.2. The number of carbonyl (C=O) groups is 2.